The number of phenols is 1. The molecular weight excluding hydrogens is 330 g/mol. The number of carbonyl (C=O) groups excluding carboxylic acids is 3. The number of amides is 2. The van der Waals surface area contributed by atoms with Gasteiger partial charge in [-0.05, 0) is 26.0 Å². The number of benzene rings is 1. The lowest BCUT2D eigenvalue weighted by atomic mass is 10.2. The summed E-state index contributed by atoms with van der Waals surface area (Å²) >= 11 is 5.79. The number of aromatic hydroxyl groups is 1. The molecule has 23 heavy (non-hydrogen) atoms. The maximum atomic E-state index is 11.9. The number of ether oxygens (including phenoxy) is 3. The molecule has 0 aliphatic rings. The van der Waals surface area contributed by atoms with Gasteiger partial charge in [-0.3, -0.25) is 10.1 Å². The molecule has 0 atom stereocenters. The van der Waals surface area contributed by atoms with Crippen molar-refractivity contribution in [3.8, 4) is 11.5 Å². The van der Waals surface area contributed by atoms with Crippen molar-refractivity contribution >= 4 is 29.6 Å². The van der Waals surface area contributed by atoms with Crippen LogP contribution < -0.4 is 10.1 Å². The highest BCUT2D eigenvalue weighted by Crippen LogP contribution is 2.35. The van der Waals surface area contributed by atoms with E-state index in [2.05, 4.69) is 4.74 Å². The standard InChI is InChI=1S/C14H16ClNO7/c1-3-21-10-6-8(5-9(15)12(10)18)13(19)23-7-11(17)16-14(20)22-4-2/h5-6,18H,3-4,7H2,1-2H3,(H,16,17,20). The summed E-state index contributed by atoms with van der Waals surface area (Å²) in [6.45, 7) is 2.95. The molecule has 0 aromatic heterocycles. The van der Waals surface area contributed by atoms with Crippen LogP contribution >= 0.6 is 11.6 Å². The van der Waals surface area contributed by atoms with Crippen molar-refractivity contribution in [3.05, 3.63) is 22.7 Å². The van der Waals surface area contributed by atoms with Gasteiger partial charge in [0.1, 0.15) is 0 Å². The zero-order valence-corrected chi connectivity index (χ0v) is 13.3. The topological polar surface area (TPSA) is 111 Å². The third-order valence-corrected chi connectivity index (χ3v) is 2.70. The molecule has 126 valence electrons. The zero-order valence-electron chi connectivity index (χ0n) is 12.6. The molecule has 1 aromatic carbocycles. The van der Waals surface area contributed by atoms with Crippen LogP contribution in [0.15, 0.2) is 12.1 Å². The fourth-order valence-electron chi connectivity index (χ4n) is 1.49. The molecule has 0 bridgehead atoms. The van der Waals surface area contributed by atoms with Crippen LogP contribution in [0.1, 0.15) is 24.2 Å². The number of phenolic OH excluding ortho intramolecular Hbond substituents is 1. The molecule has 0 aliphatic heterocycles. The lowest BCUT2D eigenvalue weighted by molar-refractivity contribution is -0.123. The first-order valence-corrected chi connectivity index (χ1v) is 7.05. The molecule has 0 saturated heterocycles. The van der Waals surface area contributed by atoms with E-state index in [0.717, 1.165) is 0 Å². The van der Waals surface area contributed by atoms with Gasteiger partial charge < -0.3 is 19.3 Å². The van der Waals surface area contributed by atoms with Crippen LogP contribution in [0.25, 0.3) is 0 Å². The first kappa shape index (κ1) is 18.6. The van der Waals surface area contributed by atoms with Crippen LogP contribution in [0, 0.1) is 0 Å². The molecule has 2 N–H and O–H groups in total. The summed E-state index contributed by atoms with van der Waals surface area (Å²) in [7, 11) is 0. The van der Waals surface area contributed by atoms with Crippen LogP contribution in [0.5, 0.6) is 11.5 Å². The Labute approximate surface area is 137 Å². The average Bonchev–Trinajstić information content (AvgIpc) is 2.49. The molecule has 1 aromatic rings. The molecule has 0 radical (unpaired) electrons. The third kappa shape index (κ3) is 5.67. The predicted molar refractivity (Wildman–Crippen MR) is 79.7 cm³/mol. The number of rotatable bonds is 6. The minimum Gasteiger partial charge on any atom is -0.503 e. The quantitative estimate of drug-likeness (QED) is 0.757. The summed E-state index contributed by atoms with van der Waals surface area (Å²) in [5.74, 6) is -1.99. The number of esters is 1. The van der Waals surface area contributed by atoms with Crippen molar-refractivity contribution in [1.82, 2.24) is 5.32 Å². The summed E-state index contributed by atoms with van der Waals surface area (Å²) in [5.41, 5.74) is -0.0137. The van der Waals surface area contributed by atoms with Crippen molar-refractivity contribution in [2.75, 3.05) is 19.8 Å². The molecule has 0 saturated carbocycles. The van der Waals surface area contributed by atoms with Crippen LogP contribution in [0.4, 0.5) is 4.79 Å². The van der Waals surface area contributed by atoms with E-state index in [1.54, 1.807) is 13.8 Å². The van der Waals surface area contributed by atoms with Crippen LogP contribution in [-0.4, -0.2) is 42.9 Å². The maximum Gasteiger partial charge on any atom is 0.413 e. The summed E-state index contributed by atoms with van der Waals surface area (Å²) in [6, 6.07) is 2.40. The average molecular weight is 346 g/mol. The van der Waals surface area contributed by atoms with Gasteiger partial charge in [0.05, 0.1) is 23.8 Å². The molecule has 0 fully saturated rings. The number of alkyl carbamates (subject to hydrolysis) is 1. The fourth-order valence-corrected chi connectivity index (χ4v) is 1.70. The first-order chi connectivity index (χ1) is 10.9. The molecule has 0 aliphatic carbocycles. The van der Waals surface area contributed by atoms with E-state index in [-0.39, 0.29) is 35.3 Å². The number of hydrogen-bond donors (Lipinski definition) is 2. The summed E-state index contributed by atoms with van der Waals surface area (Å²) < 4.78 is 14.4. The van der Waals surface area contributed by atoms with Gasteiger partial charge in [-0.1, -0.05) is 11.6 Å². The minimum atomic E-state index is -0.931. The van der Waals surface area contributed by atoms with Crippen LogP contribution in [0.3, 0.4) is 0 Å². The zero-order chi connectivity index (χ0) is 17.4. The van der Waals surface area contributed by atoms with Gasteiger partial charge in [-0.2, -0.15) is 0 Å². The highest BCUT2D eigenvalue weighted by molar-refractivity contribution is 6.32. The number of halogens is 1. The van der Waals surface area contributed by atoms with Crippen molar-refractivity contribution in [3.63, 3.8) is 0 Å². The van der Waals surface area contributed by atoms with E-state index in [1.807, 2.05) is 5.32 Å². The van der Waals surface area contributed by atoms with Crippen molar-refractivity contribution in [2.45, 2.75) is 13.8 Å². The Morgan fingerprint density at radius 1 is 1.17 bits per heavy atom. The van der Waals surface area contributed by atoms with Gasteiger partial charge in [-0.15, -0.1) is 0 Å². The van der Waals surface area contributed by atoms with E-state index in [0.29, 0.717) is 0 Å². The second-order valence-corrected chi connectivity index (χ2v) is 4.49. The largest absolute Gasteiger partial charge is 0.503 e. The number of imide groups is 1. The molecule has 0 spiro atoms. The normalized spacial score (nSPS) is 9.87. The van der Waals surface area contributed by atoms with Gasteiger partial charge in [-0.25, -0.2) is 9.59 Å². The van der Waals surface area contributed by atoms with E-state index in [1.165, 1.54) is 12.1 Å². The van der Waals surface area contributed by atoms with Gasteiger partial charge in [0.2, 0.25) is 0 Å². The predicted octanol–water partition coefficient (Wildman–Crippen LogP) is 1.87. The monoisotopic (exact) mass is 345 g/mol. The van der Waals surface area contributed by atoms with E-state index in [9.17, 15) is 19.5 Å². The lowest BCUT2D eigenvalue weighted by Gasteiger charge is -2.10. The number of hydrogen-bond acceptors (Lipinski definition) is 7. The fraction of sp³-hybridized carbons (Fsp3) is 0.357. The highest BCUT2D eigenvalue weighted by atomic mass is 35.5. The van der Waals surface area contributed by atoms with Gasteiger partial charge >= 0.3 is 12.1 Å². The third-order valence-electron chi connectivity index (χ3n) is 2.42. The van der Waals surface area contributed by atoms with Crippen molar-refractivity contribution in [1.29, 1.82) is 0 Å². The second-order valence-electron chi connectivity index (χ2n) is 4.08. The molecule has 2 amide bonds. The Hall–Kier alpha value is -2.48. The minimum absolute atomic E-state index is 0.0137. The van der Waals surface area contributed by atoms with E-state index in [4.69, 9.17) is 21.1 Å². The Kier molecular flexibility index (Phi) is 7.14. The Morgan fingerprint density at radius 3 is 2.48 bits per heavy atom. The molecule has 0 unspecified atom stereocenters. The number of carbonyl (C=O) groups is 3. The Morgan fingerprint density at radius 2 is 1.87 bits per heavy atom. The Bertz CT molecular complexity index is 603. The van der Waals surface area contributed by atoms with E-state index < -0.39 is 24.6 Å². The Balaban J connectivity index is 2.68. The number of nitrogens with one attached hydrogen (secondary N) is 1. The second kappa shape index (κ2) is 8.84. The van der Waals surface area contributed by atoms with Crippen molar-refractivity contribution < 1.29 is 33.7 Å². The maximum absolute atomic E-state index is 11.9. The first-order valence-electron chi connectivity index (χ1n) is 6.68. The molecular formula is C14H16ClNO7. The summed E-state index contributed by atoms with van der Waals surface area (Å²) in [5, 5.41) is 11.5. The lowest BCUT2D eigenvalue weighted by Crippen LogP contribution is -2.34. The van der Waals surface area contributed by atoms with Crippen LogP contribution in [0.2, 0.25) is 5.02 Å². The van der Waals surface area contributed by atoms with Crippen molar-refractivity contribution in [2.24, 2.45) is 0 Å². The summed E-state index contributed by atoms with van der Waals surface area (Å²) in [4.78, 5) is 34.3. The molecule has 0 heterocycles. The smallest absolute Gasteiger partial charge is 0.413 e. The SMILES string of the molecule is CCOC(=O)NC(=O)COC(=O)c1cc(Cl)c(O)c(OCC)c1. The molecule has 9 heteroatoms. The van der Waals surface area contributed by atoms with Gasteiger partial charge in [0, 0.05) is 0 Å². The van der Waals surface area contributed by atoms with Crippen LogP contribution in [-0.2, 0) is 14.3 Å². The van der Waals surface area contributed by atoms with E-state index >= 15 is 0 Å². The van der Waals surface area contributed by atoms with Gasteiger partial charge in [0.25, 0.3) is 5.91 Å². The highest BCUT2D eigenvalue weighted by Gasteiger charge is 2.17. The molecule has 8 nitrogen and oxygen atoms in total. The summed E-state index contributed by atoms with van der Waals surface area (Å²) in [6.07, 6.45) is -0.931. The molecule has 1 rings (SSSR count). The van der Waals surface area contributed by atoms with Gasteiger partial charge in [0.15, 0.2) is 18.1 Å².